The fourth-order valence-corrected chi connectivity index (χ4v) is 3.87. The molecule has 31 heavy (non-hydrogen) atoms. The minimum absolute atomic E-state index is 0.0958. The topological polar surface area (TPSA) is 78.6 Å². The predicted molar refractivity (Wildman–Crippen MR) is 124 cm³/mol. The molecule has 3 aromatic rings. The number of hydrogen-bond acceptors (Lipinski definition) is 5. The minimum atomic E-state index is 0.0958. The molecule has 1 aromatic heterocycles. The number of nitrogens with one attached hydrogen (secondary N) is 2. The van der Waals surface area contributed by atoms with Crippen LogP contribution in [0.3, 0.4) is 0 Å². The number of aromatic nitrogens is 2. The van der Waals surface area contributed by atoms with Crippen LogP contribution in [-0.4, -0.2) is 36.2 Å². The van der Waals surface area contributed by atoms with Crippen molar-refractivity contribution in [2.75, 3.05) is 25.0 Å². The first-order valence-corrected chi connectivity index (χ1v) is 10.9. The van der Waals surface area contributed by atoms with Crippen LogP contribution in [-0.2, 0) is 6.54 Å². The smallest absolute Gasteiger partial charge is 0.246 e. The van der Waals surface area contributed by atoms with E-state index >= 15 is 0 Å². The fourth-order valence-electron chi connectivity index (χ4n) is 3.68. The van der Waals surface area contributed by atoms with Crippen molar-refractivity contribution in [1.29, 1.82) is 0 Å². The summed E-state index contributed by atoms with van der Waals surface area (Å²) in [6, 6.07) is 16.2. The highest BCUT2D eigenvalue weighted by molar-refractivity contribution is 6.30. The van der Waals surface area contributed by atoms with E-state index in [4.69, 9.17) is 16.1 Å². The zero-order valence-electron chi connectivity index (χ0n) is 17.8. The van der Waals surface area contributed by atoms with E-state index in [-0.39, 0.29) is 6.04 Å². The summed E-state index contributed by atoms with van der Waals surface area (Å²) in [7, 11) is 1.74. The van der Waals surface area contributed by atoms with Gasteiger partial charge in [-0.1, -0.05) is 41.0 Å². The van der Waals surface area contributed by atoms with Gasteiger partial charge in [0.25, 0.3) is 0 Å². The molecule has 1 aliphatic rings. The summed E-state index contributed by atoms with van der Waals surface area (Å²) in [5, 5.41) is 11.3. The lowest BCUT2D eigenvalue weighted by atomic mass is 10.1. The number of hydrogen-bond donors (Lipinski definition) is 2. The van der Waals surface area contributed by atoms with Crippen LogP contribution < -0.4 is 15.5 Å². The highest BCUT2D eigenvalue weighted by Crippen LogP contribution is 2.24. The Labute approximate surface area is 187 Å². The molecule has 0 amide bonds. The van der Waals surface area contributed by atoms with E-state index in [0.29, 0.717) is 29.2 Å². The summed E-state index contributed by atoms with van der Waals surface area (Å²) < 4.78 is 5.36. The van der Waals surface area contributed by atoms with Crippen molar-refractivity contribution in [3.8, 4) is 11.4 Å². The third-order valence-electron chi connectivity index (χ3n) is 5.38. The van der Waals surface area contributed by atoms with Gasteiger partial charge in [-0.15, -0.1) is 0 Å². The molecule has 1 aliphatic heterocycles. The molecule has 0 bridgehead atoms. The number of anilines is 1. The average Bonchev–Trinajstić information content (AvgIpc) is 3.49. The summed E-state index contributed by atoms with van der Waals surface area (Å²) in [6.07, 6.45) is 2.53. The molecule has 8 heteroatoms. The van der Waals surface area contributed by atoms with Crippen LogP contribution in [0, 0.1) is 0 Å². The molecule has 1 unspecified atom stereocenters. The maximum absolute atomic E-state index is 6.04. The molecule has 4 rings (SSSR count). The molecule has 1 saturated heterocycles. The molecule has 0 spiro atoms. The predicted octanol–water partition coefficient (Wildman–Crippen LogP) is 4.42. The van der Waals surface area contributed by atoms with E-state index in [1.165, 1.54) is 24.1 Å². The Morgan fingerprint density at radius 3 is 2.77 bits per heavy atom. The first kappa shape index (κ1) is 21.2. The molecule has 0 radical (unpaired) electrons. The molecular weight excluding hydrogens is 412 g/mol. The van der Waals surface area contributed by atoms with Crippen LogP contribution in [0.1, 0.15) is 37.3 Å². The Kier molecular flexibility index (Phi) is 6.72. The number of rotatable bonds is 6. The van der Waals surface area contributed by atoms with Gasteiger partial charge in [0.15, 0.2) is 5.96 Å². The van der Waals surface area contributed by atoms with Crippen LogP contribution in [0.2, 0.25) is 5.02 Å². The highest BCUT2D eigenvalue weighted by atomic mass is 35.5. The SMILES string of the molecule is CN=C(NCc1nc(-c2cccc(Cl)c2)no1)NC(C)c1cccc(N2CCCC2)c1. The third kappa shape index (κ3) is 5.35. The van der Waals surface area contributed by atoms with Gasteiger partial charge in [-0.25, -0.2) is 0 Å². The summed E-state index contributed by atoms with van der Waals surface area (Å²) >= 11 is 6.04. The van der Waals surface area contributed by atoms with E-state index in [1.54, 1.807) is 7.05 Å². The van der Waals surface area contributed by atoms with Gasteiger partial charge in [-0.05, 0) is 49.6 Å². The van der Waals surface area contributed by atoms with Gasteiger partial charge in [0, 0.05) is 36.4 Å². The van der Waals surface area contributed by atoms with E-state index < -0.39 is 0 Å². The second-order valence-corrected chi connectivity index (χ2v) is 8.04. The normalized spacial score (nSPS) is 15.2. The van der Waals surface area contributed by atoms with Crippen molar-refractivity contribution in [3.05, 3.63) is 65.0 Å². The van der Waals surface area contributed by atoms with Gasteiger partial charge in [0.1, 0.15) is 0 Å². The molecule has 2 N–H and O–H groups in total. The zero-order valence-corrected chi connectivity index (χ0v) is 18.6. The Balaban J connectivity index is 1.35. The maximum atomic E-state index is 6.04. The van der Waals surface area contributed by atoms with E-state index in [0.717, 1.165) is 18.7 Å². The molecule has 2 aromatic carbocycles. The van der Waals surface area contributed by atoms with Crippen LogP contribution in [0.25, 0.3) is 11.4 Å². The number of guanidine groups is 1. The van der Waals surface area contributed by atoms with E-state index in [1.807, 2.05) is 24.3 Å². The lowest BCUT2D eigenvalue weighted by Crippen LogP contribution is -2.38. The lowest BCUT2D eigenvalue weighted by molar-refractivity contribution is 0.375. The van der Waals surface area contributed by atoms with Gasteiger partial charge in [-0.3, -0.25) is 4.99 Å². The van der Waals surface area contributed by atoms with Gasteiger partial charge < -0.3 is 20.1 Å². The lowest BCUT2D eigenvalue weighted by Gasteiger charge is -2.21. The van der Waals surface area contributed by atoms with Crippen LogP contribution in [0.5, 0.6) is 0 Å². The Morgan fingerprint density at radius 1 is 1.19 bits per heavy atom. The van der Waals surface area contributed by atoms with E-state index in [2.05, 4.69) is 61.9 Å². The zero-order chi connectivity index (χ0) is 21.6. The van der Waals surface area contributed by atoms with Crippen molar-refractivity contribution in [2.24, 2.45) is 4.99 Å². The molecule has 0 aliphatic carbocycles. The molecular formula is C23H27ClN6O. The Morgan fingerprint density at radius 2 is 2.00 bits per heavy atom. The molecule has 7 nitrogen and oxygen atoms in total. The summed E-state index contributed by atoms with van der Waals surface area (Å²) in [6.45, 7) is 4.76. The number of halogens is 1. The van der Waals surface area contributed by atoms with Crippen molar-refractivity contribution in [1.82, 2.24) is 20.8 Å². The van der Waals surface area contributed by atoms with Crippen LogP contribution in [0.4, 0.5) is 5.69 Å². The summed E-state index contributed by atoms with van der Waals surface area (Å²) in [5.74, 6) is 1.65. The number of nitrogens with zero attached hydrogens (tertiary/aromatic N) is 4. The third-order valence-corrected chi connectivity index (χ3v) is 5.61. The second-order valence-electron chi connectivity index (χ2n) is 7.60. The second kappa shape index (κ2) is 9.83. The van der Waals surface area contributed by atoms with Crippen molar-refractivity contribution < 1.29 is 4.52 Å². The Bertz CT molecular complexity index is 1040. The monoisotopic (exact) mass is 438 g/mol. The molecule has 0 saturated carbocycles. The maximum Gasteiger partial charge on any atom is 0.246 e. The van der Waals surface area contributed by atoms with Gasteiger partial charge >= 0.3 is 0 Å². The number of benzene rings is 2. The molecule has 1 atom stereocenters. The highest BCUT2D eigenvalue weighted by Gasteiger charge is 2.15. The quantitative estimate of drug-likeness (QED) is 0.438. The fraction of sp³-hybridized carbons (Fsp3) is 0.348. The van der Waals surface area contributed by atoms with Gasteiger partial charge in [0.05, 0.1) is 12.6 Å². The molecule has 162 valence electrons. The van der Waals surface area contributed by atoms with Crippen LogP contribution in [0.15, 0.2) is 58.0 Å². The van der Waals surface area contributed by atoms with Crippen LogP contribution >= 0.6 is 11.6 Å². The largest absolute Gasteiger partial charge is 0.372 e. The molecule has 2 heterocycles. The first-order chi connectivity index (χ1) is 15.1. The first-order valence-electron chi connectivity index (χ1n) is 10.5. The molecule has 1 fully saturated rings. The summed E-state index contributed by atoms with van der Waals surface area (Å²) in [5.41, 5.74) is 3.32. The Hall–Kier alpha value is -3.06. The standard InChI is InChI=1S/C23H27ClN6O/c1-16(17-7-6-10-20(14-17)30-11-3-4-12-30)27-23(25-2)26-15-21-28-22(29-31-21)18-8-5-9-19(24)13-18/h5-10,13-14,16H,3-4,11-12,15H2,1-2H3,(H2,25,26,27). The van der Waals surface area contributed by atoms with Gasteiger partial charge in [-0.2, -0.15) is 4.98 Å². The van der Waals surface area contributed by atoms with Crippen molar-refractivity contribution in [2.45, 2.75) is 32.4 Å². The van der Waals surface area contributed by atoms with Gasteiger partial charge in [0.2, 0.25) is 11.7 Å². The average molecular weight is 439 g/mol. The summed E-state index contributed by atoms with van der Waals surface area (Å²) in [4.78, 5) is 11.2. The van der Waals surface area contributed by atoms with Crippen molar-refractivity contribution >= 4 is 23.2 Å². The number of aliphatic imine (C=N–C) groups is 1. The van der Waals surface area contributed by atoms with E-state index in [9.17, 15) is 0 Å². The van der Waals surface area contributed by atoms with Crippen molar-refractivity contribution in [3.63, 3.8) is 0 Å². The minimum Gasteiger partial charge on any atom is -0.372 e.